The summed E-state index contributed by atoms with van der Waals surface area (Å²) in [5.41, 5.74) is 1.98. The molecule has 130 valence electrons. The zero-order chi connectivity index (χ0) is 17.5. The summed E-state index contributed by atoms with van der Waals surface area (Å²) in [6.07, 6.45) is 0. The van der Waals surface area contributed by atoms with Crippen LogP contribution in [0.5, 0.6) is 17.2 Å². The van der Waals surface area contributed by atoms with E-state index in [0.717, 1.165) is 22.6 Å². The van der Waals surface area contributed by atoms with Gasteiger partial charge in [0.2, 0.25) is 0 Å². The molecule has 2 rings (SSSR count). The highest BCUT2D eigenvalue weighted by Gasteiger charge is 2.12. The van der Waals surface area contributed by atoms with Crippen LogP contribution in [0, 0.1) is 0 Å². The maximum absolute atomic E-state index is 12.1. The Balaban J connectivity index is 1.98. The fourth-order valence-corrected chi connectivity index (χ4v) is 2.35. The first-order chi connectivity index (χ1) is 11.5. The van der Waals surface area contributed by atoms with Crippen molar-refractivity contribution in [2.75, 3.05) is 14.2 Å². The van der Waals surface area contributed by atoms with Crippen LogP contribution in [0.25, 0.3) is 0 Å². The fraction of sp³-hybridized carbons (Fsp3) is 0.333. The minimum Gasteiger partial charge on any atom is -0.497 e. The molecule has 1 N–H and O–H groups in total. The Morgan fingerprint density at radius 2 is 1.62 bits per heavy atom. The average Bonchev–Trinajstić information content (AvgIpc) is 2.59. The highest BCUT2D eigenvalue weighted by atomic mass is 19.3. The van der Waals surface area contributed by atoms with Gasteiger partial charge in [0.25, 0.3) is 0 Å². The van der Waals surface area contributed by atoms with Gasteiger partial charge in [0, 0.05) is 24.2 Å². The number of nitrogens with one attached hydrogen (secondary N) is 1. The van der Waals surface area contributed by atoms with Gasteiger partial charge >= 0.3 is 6.61 Å². The molecule has 0 heterocycles. The van der Waals surface area contributed by atoms with E-state index in [9.17, 15) is 8.78 Å². The van der Waals surface area contributed by atoms with Crippen LogP contribution in [0.4, 0.5) is 8.78 Å². The number of ether oxygens (including phenoxy) is 3. The van der Waals surface area contributed by atoms with Crippen molar-refractivity contribution in [3.05, 3.63) is 53.6 Å². The lowest BCUT2D eigenvalue weighted by atomic mass is 10.1. The SMILES string of the molecule is COc1ccc(C(C)NCc2ccc(OC(F)F)cc2)c(OC)c1. The molecule has 6 heteroatoms. The molecule has 0 aliphatic carbocycles. The molecule has 0 saturated heterocycles. The molecule has 0 spiro atoms. The Bertz CT molecular complexity index is 647. The van der Waals surface area contributed by atoms with E-state index in [1.54, 1.807) is 26.4 Å². The maximum Gasteiger partial charge on any atom is 0.387 e. The van der Waals surface area contributed by atoms with E-state index in [4.69, 9.17) is 9.47 Å². The molecule has 0 amide bonds. The molecule has 0 bridgehead atoms. The second-order valence-electron chi connectivity index (χ2n) is 5.23. The van der Waals surface area contributed by atoms with Crippen molar-refractivity contribution in [2.24, 2.45) is 0 Å². The molecule has 4 nitrogen and oxygen atoms in total. The lowest BCUT2D eigenvalue weighted by Gasteiger charge is -2.18. The highest BCUT2D eigenvalue weighted by Crippen LogP contribution is 2.29. The first-order valence-corrected chi connectivity index (χ1v) is 7.52. The fourth-order valence-electron chi connectivity index (χ4n) is 2.35. The largest absolute Gasteiger partial charge is 0.497 e. The zero-order valence-electron chi connectivity index (χ0n) is 13.9. The lowest BCUT2D eigenvalue weighted by molar-refractivity contribution is -0.0498. The molecule has 0 radical (unpaired) electrons. The molecule has 0 aliphatic rings. The van der Waals surface area contributed by atoms with Crippen molar-refractivity contribution in [3.8, 4) is 17.2 Å². The maximum atomic E-state index is 12.1. The molecular weight excluding hydrogens is 316 g/mol. The third-order valence-electron chi connectivity index (χ3n) is 3.67. The van der Waals surface area contributed by atoms with E-state index in [0.29, 0.717) is 6.54 Å². The summed E-state index contributed by atoms with van der Waals surface area (Å²) >= 11 is 0. The smallest absolute Gasteiger partial charge is 0.387 e. The van der Waals surface area contributed by atoms with Gasteiger partial charge in [0.15, 0.2) is 0 Å². The van der Waals surface area contributed by atoms with Gasteiger partial charge in [-0.25, -0.2) is 0 Å². The van der Waals surface area contributed by atoms with Gasteiger partial charge in [0.1, 0.15) is 17.2 Å². The second-order valence-corrected chi connectivity index (χ2v) is 5.23. The predicted octanol–water partition coefficient (Wildman–Crippen LogP) is 4.16. The van der Waals surface area contributed by atoms with Crippen LogP contribution in [0.2, 0.25) is 0 Å². The van der Waals surface area contributed by atoms with Crippen molar-refractivity contribution in [2.45, 2.75) is 26.1 Å². The normalized spacial score (nSPS) is 12.1. The number of rotatable bonds is 8. The molecule has 24 heavy (non-hydrogen) atoms. The molecule has 2 aromatic rings. The van der Waals surface area contributed by atoms with E-state index >= 15 is 0 Å². The van der Waals surface area contributed by atoms with Crippen molar-refractivity contribution < 1.29 is 23.0 Å². The van der Waals surface area contributed by atoms with E-state index in [1.807, 2.05) is 25.1 Å². The number of hydrogen-bond acceptors (Lipinski definition) is 4. The van der Waals surface area contributed by atoms with E-state index in [-0.39, 0.29) is 11.8 Å². The molecule has 0 fully saturated rings. The summed E-state index contributed by atoms with van der Waals surface area (Å²) in [6, 6.07) is 12.3. The van der Waals surface area contributed by atoms with Gasteiger partial charge in [-0.3, -0.25) is 0 Å². The molecular formula is C18H21F2NO3. The van der Waals surface area contributed by atoms with Gasteiger partial charge in [-0.2, -0.15) is 8.78 Å². The van der Waals surface area contributed by atoms with Crippen molar-refractivity contribution in [1.29, 1.82) is 0 Å². The number of hydrogen-bond donors (Lipinski definition) is 1. The Kier molecular flexibility index (Phi) is 6.37. The Labute approximate surface area is 140 Å². The second kappa shape index (κ2) is 8.49. The first-order valence-electron chi connectivity index (χ1n) is 7.52. The van der Waals surface area contributed by atoms with Crippen LogP contribution < -0.4 is 19.5 Å². The average molecular weight is 337 g/mol. The van der Waals surface area contributed by atoms with Crippen LogP contribution in [0.3, 0.4) is 0 Å². The van der Waals surface area contributed by atoms with Crippen molar-refractivity contribution in [3.63, 3.8) is 0 Å². The van der Waals surface area contributed by atoms with Gasteiger partial charge < -0.3 is 19.5 Å². The van der Waals surface area contributed by atoms with E-state index < -0.39 is 6.61 Å². The van der Waals surface area contributed by atoms with Gasteiger partial charge in [-0.05, 0) is 30.7 Å². The molecule has 0 aromatic heterocycles. The van der Waals surface area contributed by atoms with Crippen LogP contribution in [-0.4, -0.2) is 20.8 Å². The summed E-state index contributed by atoms with van der Waals surface area (Å²) < 4.78 is 39.2. The van der Waals surface area contributed by atoms with E-state index in [1.165, 1.54) is 12.1 Å². The van der Waals surface area contributed by atoms with E-state index in [2.05, 4.69) is 10.1 Å². The Hall–Kier alpha value is -2.34. The van der Waals surface area contributed by atoms with Crippen molar-refractivity contribution >= 4 is 0 Å². The summed E-state index contributed by atoms with van der Waals surface area (Å²) in [4.78, 5) is 0. The monoisotopic (exact) mass is 337 g/mol. The number of alkyl halides is 2. The highest BCUT2D eigenvalue weighted by molar-refractivity contribution is 5.42. The van der Waals surface area contributed by atoms with Gasteiger partial charge in [-0.15, -0.1) is 0 Å². The predicted molar refractivity (Wildman–Crippen MR) is 87.9 cm³/mol. The molecule has 2 aromatic carbocycles. The Morgan fingerprint density at radius 3 is 2.21 bits per heavy atom. The summed E-state index contributed by atoms with van der Waals surface area (Å²) in [5, 5.41) is 3.38. The van der Waals surface area contributed by atoms with Crippen LogP contribution >= 0.6 is 0 Å². The molecule has 1 unspecified atom stereocenters. The third-order valence-corrected chi connectivity index (χ3v) is 3.67. The zero-order valence-corrected chi connectivity index (χ0v) is 13.9. The topological polar surface area (TPSA) is 39.7 Å². The summed E-state index contributed by atoms with van der Waals surface area (Å²) in [5.74, 6) is 1.63. The van der Waals surface area contributed by atoms with Crippen LogP contribution in [-0.2, 0) is 6.54 Å². The standard InChI is InChI=1S/C18H21F2NO3/c1-12(16-9-8-15(22-2)10-17(16)23-3)21-11-13-4-6-14(7-5-13)24-18(19)20/h4-10,12,18,21H,11H2,1-3H3. The minimum atomic E-state index is -2.81. The number of halogens is 2. The molecule has 0 saturated carbocycles. The van der Waals surface area contributed by atoms with Crippen molar-refractivity contribution in [1.82, 2.24) is 5.32 Å². The Morgan fingerprint density at radius 1 is 0.958 bits per heavy atom. The summed E-state index contributed by atoms with van der Waals surface area (Å²) in [7, 11) is 3.23. The van der Waals surface area contributed by atoms with Gasteiger partial charge in [-0.1, -0.05) is 18.2 Å². The van der Waals surface area contributed by atoms with Crippen LogP contribution in [0.15, 0.2) is 42.5 Å². The summed E-state index contributed by atoms with van der Waals surface area (Å²) in [6.45, 7) is -0.194. The number of benzene rings is 2. The molecule has 0 aliphatic heterocycles. The van der Waals surface area contributed by atoms with Gasteiger partial charge in [0.05, 0.1) is 14.2 Å². The van der Waals surface area contributed by atoms with Crippen LogP contribution in [0.1, 0.15) is 24.1 Å². The lowest BCUT2D eigenvalue weighted by Crippen LogP contribution is -2.18. The molecule has 1 atom stereocenters. The quantitative estimate of drug-likeness (QED) is 0.785. The number of methoxy groups -OCH3 is 2. The first kappa shape index (κ1) is 18.0. The third kappa shape index (κ3) is 4.83. The minimum absolute atomic E-state index is 0.0443.